The molecule has 0 fully saturated rings. The van der Waals surface area contributed by atoms with Gasteiger partial charge in [0.15, 0.2) is 0 Å². The number of rotatable bonds is 2. The van der Waals surface area contributed by atoms with Crippen LogP contribution >= 0.6 is 0 Å². The fourth-order valence-electron chi connectivity index (χ4n) is 1.69. The van der Waals surface area contributed by atoms with E-state index in [9.17, 15) is 5.11 Å². The van der Waals surface area contributed by atoms with Crippen LogP contribution in [-0.4, -0.2) is 5.11 Å². The molecular weight excluding hydrogens is 210 g/mol. The second-order valence-corrected chi connectivity index (χ2v) is 4.10. The average Bonchev–Trinajstić information content (AvgIpc) is 2.27. The molecule has 0 atom stereocenters. The van der Waals surface area contributed by atoms with Crippen molar-refractivity contribution in [3.63, 3.8) is 0 Å². The lowest BCUT2D eigenvalue weighted by molar-refractivity contribution is 0.475. The Morgan fingerprint density at radius 1 is 0.941 bits per heavy atom. The van der Waals surface area contributed by atoms with Gasteiger partial charge in [-0.25, -0.2) is 0 Å². The molecule has 2 aromatic rings. The van der Waals surface area contributed by atoms with Crippen LogP contribution in [0, 0.1) is 6.92 Å². The Morgan fingerprint density at radius 3 is 2.24 bits per heavy atom. The first kappa shape index (κ1) is 11.3. The fourth-order valence-corrected chi connectivity index (χ4v) is 1.69. The van der Waals surface area contributed by atoms with E-state index in [1.165, 1.54) is 0 Å². The summed E-state index contributed by atoms with van der Waals surface area (Å²) in [5, 5.41) is 9.48. The second-order valence-electron chi connectivity index (χ2n) is 4.10. The summed E-state index contributed by atoms with van der Waals surface area (Å²) in [6.07, 6.45) is 3.96. The first-order valence-corrected chi connectivity index (χ1v) is 5.48. The van der Waals surface area contributed by atoms with Gasteiger partial charge in [-0.3, -0.25) is 0 Å². The Morgan fingerprint density at radius 2 is 1.59 bits per heavy atom. The van der Waals surface area contributed by atoms with E-state index in [1.807, 2.05) is 49.4 Å². The lowest BCUT2D eigenvalue weighted by Gasteiger charge is -1.99. The highest BCUT2D eigenvalue weighted by atomic mass is 16.3. The van der Waals surface area contributed by atoms with Gasteiger partial charge in [0.05, 0.1) is 0 Å². The minimum Gasteiger partial charge on any atom is -0.508 e. The van der Waals surface area contributed by atoms with Crippen LogP contribution in [0.15, 0.2) is 42.5 Å². The summed E-state index contributed by atoms with van der Waals surface area (Å²) in [6.45, 7) is 1.96. The summed E-state index contributed by atoms with van der Waals surface area (Å²) < 4.78 is 0. The highest BCUT2D eigenvalue weighted by Crippen LogP contribution is 2.17. The minimum absolute atomic E-state index is 0.293. The van der Waals surface area contributed by atoms with Crippen LogP contribution in [0.5, 0.6) is 5.75 Å². The first-order chi connectivity index (χ1) is 8.13. The molecule has 3 N–H and O–H groups in total. The van der Waals surface area contributed by atoms with E-state index in [0.29, 0.717) is 5.75 Å². The zero-order valence-electron chi connectivity index (χ0n) is 9.72. The van der Waals surface area contributed by atoms with E-state index < -0.39 is 0 Å². The number of hydrogen-bond donors (Lipinski definition) is 2. The number of aryl methyl sites for hydroxylation is 1. The van der Waals surface area contributed by atoms with Crippen LogP contribution in [0.4, 0.5) is 5.69 Å². The maximum absolute atomic E-state index is 9.48. The monoisotopic (exact) mass is 225 g/mol. The van der Waals surface area contributed by atoms with Crippen molar-refractivity contribution in [1.29, 1.82) is 0 Å². The van der Waals surface area contributed by atoms with Crippen LogP contribution in [-0.2, 0) is 0 Å². The third kappa shape index (κ3) is 3.11. The van der Waals surface area contributed by atoms with Crippen molar-refractivity contribution in [2.45, 2.75) is 6.92 Å². The molecule has 0 amide bonds. The van der Waals surface area contributed by atoms with Gasteiger partial charge in [0.1, 0.15) is 5.75 Å². The zero-order valence-corrected chi connectivity index (χ0v) is 9.72. The molecule has 0 aromatic heterocycles. The summed E-state index contributed by atoms with van der Waals surface area (Å²) in [4.78, 5) is 0. The van der Waals surface area contributed by atoms with Gasteiger partial charge in [-0.05, 0) is 47.9 Å². The van der Waals surface area contributed by atoms with E-state index in [4.69, 9.17) is 5.73 Å². The van der Waals surface area contributed by atoms with E-state index in [2.05, 4.69) is 0 Å². The molecule has 17 heavy (non-hydrogen) atoms. The number of nitrogens with two attached hydrogens (primary N) is 1. The molecule has 0 aliphatic heterocycles. The second kappa shape index (κ2) is 4.74. The molecule has 2 aromatic carbocycles. The van der Waals surface area contributed by atoms with Crippen molar-refractivity contribution in [2.24, 2.45) is 0 Å². The van der Waals surface area contributed by atoms with Gasteiger partial charge in [0, 0.05) is 5.69 Å². The molecule has 2 heteroatoms. The number of phenols is 1. The van der Waals surface area contributed by atoms with Crippen LogP contribution in [0.2, 0.25) is 0 Å². The van der Waals surface area contributed by atoms with Crippen molar-refractivity contribution >= 4 is 17.8 Å². The van der Waals surface area contributed by atoms with Gasteiger partial charge in [-0.2, -0.15) is 0 Å². The summed E-state index contributed by atoms with van der Waals surface area (Å²) in [6, 6.07) is 13.2. The van der Waals surface area contributed by atoms with Gasteiger partial charge in [-0.1, -0.05) is 30.4 Å². The van der Waals surface area contributed by atoms with Crippen LogP contribution in [0.25, 0.3) is 12.2 Å². The van der Waals surface area contributed by atoms with Crippen molar-refractivity contribution in [3.8, 4) is 5.75 Å². The number of nitrogen functional groups attached to an aromatic ring is 1. The van der Waals surface area contributed by atoms with Crippen molar-refractivity contribution in [1.82, 2.24) is 0 Å². The average molecular weight is 225 g/mol. The van der Waals surface area contributed by atoms with Gasteiger partial charge in [0.25, 0.3) is 0 Å². The smallest absolute Gasteiger partial charge is 0.116 e. The molecular formula is C15H15NO. The third-order valence-electron chi connectivity index (χ3n) is 2.49. The van der Waals surface area contributed by atoms with Gasteiger partial charge < -0.3 is 10.8 Å². The standard InChI is InChI=1S/C15H15NO/c1-11-8-13(10-15(17)9-11)3-2-12-4-6-14(16)7-5-12/h2-10,17H,16H2,1H3/b3-2+. The summed E-state index contributed by atoms with van der Waals surface area (Å²) in [5.74, 6) is 0.293. The molecule has 0 saturated carbocycles. The Labute approximate surface area is 101 Å². The van der Waals surface area contributed by atoms with Gasteiger partial charge >= 0.3 is 0 Å². The van der Waals surface area contributed by atoms with E-state index in [1.54, 1.807) is 12.1 Å². The lowest BCUT2D eigenvalue weighted by atomic mass is 10.1. The normalized spacial score (nSPS) is 10.9. The molecule has 0 bridgehead atoms. The van der Waals surface area contributed by atoms with E-state index in [-0.39, 0.29) is 0 Å². The number of anilines is 1. The molecule has 0 heterocycles. The molecule has 2 nitrogen and oxygen atoms in total. The predicted molar refractivity (Wildman–Crippen MR) is 72.6 cm³/mol. The molecule has 0 unspecified atom stereocenters. The lowest BCUT2D eigenvalue weighted by Crippen LogP contribution is -1.82. The van der Waals surface area contributed by atoms with Gasteiger partial charge in [-0.15, -0.1) is 0 Å². The predicted octanol–water partition coefficient (Wildman–Crippen LogP) is 3.45. The number of phenolic OH excluding ortho intramolecular Hbond substituents is 1. The highest BCUT2D eigenvalue weighted by molar-refractivity contribution is 5.71. The van der Waals surface area contributed by atoms with Crippen molar-refractivity contribution < 1.29 is 5.11 Å². The Kier molecular flexibility index (Phi) is 3.15. The molecule has 0 aliphatic rings. The van der Waals surface area contributed by atoms with Crippen molar-refractivity contribution in [3.05, 3.63) is 59.2 Å². The Hall–Kier alpha value is -2.22. The number of hydrogen-bond acceptors (Lipinski definition) is 2. The molecule has 0 spiro atoms. The maximum Gasteiger partial charge on any atom is 0.116 e. The Balaban J connectivity index is 2.22. The van der Waals surface area contributed by atoms with Crippen LogP contribution < -0.4 is 5.73 Å². The largest absolute Gasteiger partial charge is 0.508 e. The minimum atomic E-state index is 0.293. The molecule has 0 radical (unpaired) electrons. The van der Waals surface area contributed by atoms with E-state index in [0.717, 1.165) is 22.4 Å². The SMILES string of the molecule is Cc1cc(O)cc(/C=C/c2ccc(N)cc2)c1. The number of aromatic hydroxyl groups is 1. The quantitative estimate of drug-likeness (QED) is 0.607. The van der Waals surface area contributed by atoms with Crippen LogP contribution in [0.3, 0.4) is 0 Å². The molecule has 86 valence electrons. The summed E-state index contributed by atoms with van der Waals surface area (Å²) in [7, 11) is 0. The third-order valence-corrected chi connectivity index (χ3v) is 2.49. The maximum atomic E-state index is 9.48. The Bertz CT molecular complexity index is 521. The topological polar surface area (TPSA) is 46.2 Å². The number of benzene rings is 2. The molecule has 0 saturated heterocycles. The highest BCUT2D eigenvalue weighted by Gasteiger charge is 1.94. The van der Waals surface area contributed by atoms with Gasteiger partial charge in [0.2, 0.25) is 0 Å². The molecule has 2 rings (SSSR count). The first-order valence-electron chi connectivity index (χ1n) is 5.48. The van der Waals surface area contributed by atoms with Crippen LogP contribution in [0.1, 0.15) is 16.7 Å². The fraction of sp³-hybridized carbons (Fsp3) is 0.0667. The molecule has 0 aliphatic carbocycles. The zero-order chi connectivity index (χ0) is 12.3. The van der Waals surface area contributed by atoms with Crippen molar-refractivity contribution in [2.75, 3.05) is 5.73 Å². The summed E-state index contributed by atoms with van der Waals surface area (Å²) in [5.41, 5.74) is 9.49. The summed E-state index contributed by atoms with van der Waals surface area (Å²) >= 11 is 0. The van der Waals surface area contributed by atoms with E-state index >= 15 is 0 Å².